The molecule has 4 aromatic rings. The monoisotopic (exact) mass is 440 g/mol. The topological polar surface area (TPSA) is 94.8 Å². The predicted molar refractivity (Wildman–Crippen MR) is 125 cm³/mol. The van der Waals surface area contributed by atoms with Crippen molar-refractivity contribution < 1.29 is 9.53 Å². The number of methoxy groups -OCH3 is 1. The highest BCUT2D eigenvalue weighted by atomic mass is 16.5. The molecule has 0 saturated carbocycles. The Morgan fingerprint density at radius 1 is 1.18 bits per heavy atom. The SMILES string of the molecule is CCc1ccc([C@@H]2CC(=O)Nc3c2c(C)nn3-c2nncc(-c3cccc(OC)c3)n2)cc1. The van der Waals surface area contributed by atoms with E-state index in [0.29, 0.717) is 23.9 Å². The fourth-order valence-electron chi connectivity index (χ4n) is 4.27. The highest BCUT2D eigenvalue weighted by Crippen LogP contribution is 2.40. The number of benzene rings is 2. The van der Waals surface area contributed by atoms with Crippen molar-refractivity contribution in [3.63, 3.8) is 0 Å². The number of anilines is 1. The van der Waals surface area contributed by atoms with Gasteiger partial charge in [-0.25, -0.2) is 4.98 Å². The Morgan fingerprint density at radius 2 is 2.00 bits per heavy atom. The highest BCUT2D eigenvalue weighted by Gasteiger charge is 2.33. The first kappa shape index (κ1) is 20.8. The van der Waals surface area contributed by atoms with Gasteiger partial charge in [0.05, 0.1) is 24.7 Å². The van der Waals surface area contributed by atoms with Gasteiger partial charge in [0, 0.05) is 23.5 Å². The molecule has 1 N–H and O–H groups in total. The van der Waals surface area contributed by atoms with Crippen molar-refractivity contribution in [1.82, 2.24) is 25.0 Å². The van der Waals surface area contributed by atoms with E-state index in [1.165, 1.54) is 5.56 Å². The van der Waals surface area contributed by atoms with Crippen LogP contribution in [0.2, 0.25) is 0 Å². The standard InChI is InChI=1S/C25H24N6O2/c1-4-16-8-10-17(11-9-16)20-13-22(32)28-24-23(20)15(2)30-31(24)25-27-21(14-26-29-25)18-6-5-7-19(12-18)33-3/h5-12,14,20H,4,13H2,1-3H3,(H,28,32)/t20-/m0/s1. The van der Waals surface area contributed by atoms with Crippen molar-refractivity contribution in [2.45, 2.75) is 32.6 Å². The zero-order chi connectivity index (χ0) is 22.9. The molecule has 1 amide bonds. The minimum absolute atomic E-state index is 0.0647. The highest BCUT2D eigenvalue weighted by molar-refractivity contribution is 5.95. The molecule has 0 saturated heterocycles. The van der Waals surface area contributed by atoms with E-state index in [9.17, 15) is 4.79 Å². The van der Waals surface area contributed by atoms with Crippen LogP contribution in [0.5, 0.6) is 5.75 Å². The van der Waals surface area contributed by atoms with Crippen molar-refractivity contribution in [3.8, 4) is 23.0 Å². The second kappa shape index (κ2) is 8.46. The molecule has 33 heavy (non-hydrogen) atoms. The normalized spacial score (nSPS) is 15.1. The maximum Gasteiger partial charge on any atom is 0.272 e. The quantitative estimate of drug-likeness (QED) is 0.503. The minimum Gasteiger partial charge on any atom is -0.497 e. The molecule has 1 atom stereocenters. The zero-order valence-corrected chi connectivity index (χ0v) is 18.7. The molecule has 0 bridgehead atoms. The van der Waals surface area contributed by atoms with Gasteiger partial charge < -0.3 is 10.1 Å². The van der Waals surface area contributed by atoms with Crippen LogP contribution in [0.1, 0.15) is 41.6 Å². The molecule has 3 heterocycles. The smallest absolute Gasteiger partial charge is 0.272 e. The number of hydrogen-bond acceptors (Lipinski definition) is 6. The molecule has 8 heteroatoms. The summed E-state index contributed by atoms with van der Waals surface area (Å²) in [6.07, 6.45) is 2.94. The molecular weight excluding hydrogens is 416 g/mol. The number of rotatable bonds is 5. The number of carbonyl (C=O) groups excluding carboxylic acids is 1. The number of aromatic nitrogens is 5. The van der Waals surface area contributed by atoms with Gasteiger partial charge in [-0.2, -0.15) is 14.9 Å². The summed E-state index contributed by atoms with van der Waals surface area (Å²) >= 11 is 0. The second-order valence-corrected chi connectivity index (χ2v) is 8.03. The lowest BCUT2D eigenvalue weighted by molar-refractivity contribution is -0.116. The second-order valence-electron chi connectivity index (χ2n) is 8.03. The number of amides is 1. The van der Waals surface area contributed by atoms with Gasteiger partial charge in [-0.05, 0) is 36.6 Å². The third kappa shape index (κ3) is 3.84. The Labute approximate surface area is 191 Å². The molecule has 0 unspecified atom stereocenters. The average Bonchev–Trinajstić information content (AvgIpc) is 3.19. The first-order valence-electron chi connectivity index (χ1n) is 10.9. The van der Waals surface area contributed by atoms with Crippen LogP contribution in [0, 0.1) is 6.92 Å². The maximum atomic E-state index is 12.7. The summed E-state index contributed by atoms with van der Waals surface area (Å²) in [6.45, 7) is 4.07. The van der Waals surface area contributed by atoms with E-state index in [0.717, 1.165) is 34.6 Å². The van der Waals surface area contributed by atoms with Crippen molar-refractivity contribution in [1.29, 1.82) is 0 Å². The molecule has 5 rings (SSSR count). The average molecular weight is 441 g/mol. The lowest BCUT2D eigenvalue weighted by atomic mass is 9.85. The summed E-state index contributed by atoms with van der Waals surface area (Å²) in [5, 5.41) is 16.0. The van der Waals surface area contributed by atoms with E-state index < -0.39 is 0 Å². The minimum atomic E-state index is -0.0806. The van der Waals surface area contributed by atoms with Crippen LogP contribution < -0.4 is 10.1 Å². The summed E-state index contributed by atoms with van der Waals surface area (Å²) in [7, 11) is 1.62. The lowest BCUT2D eigenvalue weighted by Crippen LogP contribution is -2.25. The number of fused-ring (bicyclic) bond motifs is 1. The van der Waals surface area contributed by atoms with Gasteiger partial charge in [0.25, 0.3) is 5.95 Å². The molecule has 2 aromatic carbocycles. The summed E-state index contributed by atoms with van der Waals surface area (Å²) in [6, 6.07) is 16.0. The fraction of sp³-hybridized carbons (Fsp3) is 0.240. The van der Waals surface area contributed by atoms with E-state index in [1.807, 2.05) is 31.2 Å². The zero-order valence-electron chi connectivity index (χ0n) is 18.7. The van der Waals surface area contributed by atoms with Crippen LogP contribution in [0.25, 0.3) is 17.2 Å². The summed E-state index contributed by atoms with van der Waals surface area (Å²) in [5.74, 6) is 1.47. The number of aryl methyl sites for hydroxylation is 2. The van der Waals surface area contributed by atoms with Gasteiger partial charge in [-0.1, -0.05) is 43.3 Å². The largest absolute Gasteiger partial charge is 0.497 e. The Balaban J connectivity index is 1.58. The lowest BCUT2D eigenvalue weighted by Gasteiger charge is -2.24. The van der Waals surface area contributed by atoms with Gasteiger partial charge in [0.2, 0.25) is 5.91 Å². The van der Waals surface area contributed by atoms with E-state index in [4.69, 9.17) is 4.74 Å². The molecule has 0 radical (unpaired) electrons. The van der Waals surface area contributed by atoms with Crippen molar-refractivity contribution in [2.75, 3.05) is 12.4 Å². The number of nitrogens with one attached hydrogen (secondary N) is 1. The molecule has 0 spiro atoms. The van der Waals surface area contributed by atoms with Gasteiger partial charge in [-0.15, -0.1) is 5.10 Å². The number of nitrogens with zero attached hydrogens (tertiary/aromatic N) is 5. The summed E-state index contributed by atoms with van der Waals surface area (Å²) in [4.78, 5) is 17.3. The Kier molecular flexibility index (Phi) is 5.34. The maximum absolute atomic E-state index is 12.7. The van der Waals surface area contributed by atoms with Crippen LogP contribution in [-0.2, 0) is 11.2 Å². The summed E-state index contributed by atoms with van der Waals surface area (Å²) < 4.78 is 6.90. The van der Waals surface area contributed by atoms with Gasteiger partial charge >= 0.3 is 0 Å². The fourth-order valence-corrected chi connectivity index (χ4v) is 4.27. The van der Waals surface area contributed by atoms with E-state index >= 15 is 0 Å². The Hall–Kier alpha value is -4.07. The first-order valence-corrected chi connectivity index (χ1v) is 10.9. The van der Waals surface area contributed by atoms with Crippen LogP contribution >= 0.6 is 0 Å². The van der Waals surface area contributed by atoms with Crippen LogP contribution in [0.3, 0.4) is 0 Å². The molecule has 0 fully saturated rings. The first-order chi connectivity index (χ1) is 16.1. The third-order valence-corrected chi connectivity index (χ3v) is 6.00. The number of carbonyl (C=O) groups is 1. The van der Waals surface area contributed by atoms with Crippen molar-refractivity contribution in [2.24, 2.45) is 0 Å². The number of ether oxygens (including phenoxy) is 1. The van der Waals surface area contributed by atoms with E-state index in [2.05, 4.69) is 56.8 Å². The third-order valence-electron chi connectivity index (χ3n) is 6.00. The molecular formula is C25H24N6O2. The van der Waals surface area contributed by atoms with Crippen LogP contribution in [0.15, 0.2) is 54.7 Å². The van der Waals surface area contributed by atoms with Gasteiger partial charge in [0.15, 0.2) is 0 Å². The Morgan fingerprint density at radius 3 is 2.76 bits per heavy atom. The number of hydrogen-bond donors (Lipinski definition) is 1. The van der Waals surface area contributed by atoms with E-state index in [-0.39, 0.29) is 11.8 Å². The Bertz CT molecular complexity index is 1330. The van der Waals surface area contributed by atoms with Crippen molar-refractivity contribution in [3.05, 3.63) is 77.1 Å². The molecule has 166 valence electrons. The molecule has 2 aromatic heterocycles. The van der Waals surface area contributed by atoms with Gasteiger partial charge in [0.1, 0.15) is 11.6 Å². The van der Waals surface area contributed by atoms with Crippen molar-refractivity contribution >= 4 is 11.7 Å². The molecule has 8 nitrogen and oxygen atoms in total. The van der Waals surface area contributed by atoms with Gasteiger partial charge in [-0.3, -0.25) is 4.79 Å². The molecule has 1 aliphatic heterocycles. The van der Waals surface area contributed by atoms with E-state index in [1.54, 1.807) is 18.0 Å². The van der Waals surface area contributed by atoms with Crippen LogP contribution in [-0.4, -0.2) is 38.0 Å². The molecule has 0 aliphatic carbocycles. The summed E-state index contributed by atoms with van der Waals surface area (Å²) in [5.41, 5.74) is 5.64. The van der Waals surface area contributed by atoms with Crippen LogP contribution in [0.4, 0.5) is 5.82 Å². The molecule has 1 aliphatic rings. The predicted octanol–water partition coefficient (Wildman–Crippen LogP) is 4.08.